The SMILES string of the molecule is C[C@]12CC[C@H](OS(=O)(=O)O)C[C@@H]1CC[C@@H]1[C@@H]2CC[C@]2(C)[C@@H](C3=CC(=O)OC3)CC[C@]12O. The molecule has 0 saturated heterocycles. The summed E-state index contributed by atoms with van der Waals surface area (Å²) in [7, 11) is -4.43. The van der Waals surface area contributed by atoms with Gasteiger partial charge in [-0.15, -0.1) is 0 Å². The van der Waals surface area contributed by atoms with Crippen molar-refractivity contribution < 1.29 is 31.8 Å². The number of fused-ring (bicyclic) bond motifs is 5. The largest absolute Gasteiger partial charge is 0.458 e. The Labute approximate surface area is 184 Å². The Morgan fingerprint density at radius 1 is 1.06 bits per heavy atom. The number of carbonyl (C=O) groups excluding carboxylic acids is 1. The molecule has 8 heteroatoms. The molecule has 0 aromatic rings. The molecule has 0 unspecified atom stereocenters. The summed E-state index contributed by atoms with van der Waals surface area (Å²) in [6, 6.07) is 0. The predicted octanol–water partition coefficient (Wildman–Crippen LogP) is 3.43. The molecule has 5 rings (SSSR count). The zero-order valence-corrected chi connectivity index (χ0v) is 19.2. The predicted molar refractivity (Wildman–Crippen MR) is 112 cm³/mol. The fraction of sp³-hybridized carbons (Fsp3) is 0.870. The Bertz CT molecular complexity index is 913. The zero-order chi connectivity index (χ0) is 22.2. The average Bonchev–Trinajstić information content (AvgIpc) is 3.21. The molecule has 2 N–H and O–H groups in total. The first-order valence-corrected chi connectivity index (χ1v) is 13.1. The van der Waals surface area contributed by atoms with E-state index in [0.29, 0.717) is 31.3 Å². The van der Waals surface area contributed by atoms with E-state index < -0.39 is 22.1 Å². The van der Waals surface area contributed by atoms with Crippen LogP contribution in [0.5, 0.6) is 0 Å². The number of hydrogen-bond acceptors (Lipinski definition) is 6. The van der Waals surface area contributed by atoms with Gasteiger partial charge in [0.15, 0.2) is 0 Å². The van der Waals surface area contributed by atoms with E-state index in [-0.39, 0.29) is 28.6 Å². The molecule has 0 amide bonds. The maximum Gasteiger partial charge on any atom is 0.397 e. The number of carbonyl (C=O) groups is 1. The van der Waals surface area contributed by atoms with Crippen molar-refractivity contribution in [3.8, 4) is 0 Å². The summed E-state index contributed by atoms with van der Waals surface area (Å²) in [6.45, 7) is 4.90. The average molecular weight is 455 g/mol. The van der Waals surface area contributed by atoms with E-state index in [4.69, 9.17) is 13.5 Å². The van der Waals surface area contributed by atoms with Crippen LogP contribution < -0.4 is 0 Å². The molecular weight excluding hydrogens is 420 g/mol. The van der Waals surface area contributed by atoms with Gasteiger partial charge in [-0.1, -0.05) is 13.8 Å². The molecule has 174 valence electrons. The van der Waals surface area contributed by atoms with Gasteiger partial charge < -0.3 is 9.84 Å². The molecule has 0 aromatic carbocycles. The molecule has 1 aliphatic heterocycles. The van der Waals surface area contributed by atoms with Crippen LogP contribution in [0.4, 0.5) is 0 Å². The van der Waals surface area contributed by atoms with Crippen molar-refractivity contribution in [2.45, 2.75) is 83.3 Å². The smallest absolute Gasteiger partial charge is 0.397 e. The van der Waals surface area contributed by atoms with Crippen LogP contribution in [0.1, 0.15) is 71.6 Å². The minimum Gasteiger partial charge on any atom is -0.458 e. The van der Waals surface area contributed by atoms with Crippen molar-refractivity contribution in [1.82, 2.24) is 0 Å². The third-order valence-corrected chi connectivity index (χ3v) is 10.7. The first-order valence-electron chi connectivity index (χ1n) is 11.7. The van der Waals surface area contributed by atoms with E-state index in [1.54, 1.807) is 6.08 Å². The summed E-state index contributed by atoms with van der Waals surface area (Å²) < 4.78 is 41.6. The molecule has 7 nitrogen and oxygen atoms in total. The van der Waals surface area contributed by atoms with E-state index in [1.807, 2.05) is 0 Å². The molecule has 4 fully saturated rings. The van der Waals surface area contributed by atoms with Crippen molar-refractivity contribution in [3.63, 3.8) is 0 Å². The molecular formula is C23H34O7S. The topological polar surface area (TPSA) is 110 Å². The Morgan fingerprint density at radius 3 is 2.52 bits per heavy atom. The van der Waals surface area contributed by atoms with E-state index in [0.717, 1.165) is 50.5 Å². The fourth-order valence-electron chi connectivity index (χ4n) is 8.63. The van der Waals surface area contributed by atoms with E-state index in [2.05, 4.69) is 13.8 Å². The lowest BCUT2D eigenvalue weighted by molar-refractivity contribution is -0.207. The van der Waals surface area contributed by atoms with Crippen LogP contribution in [0.15, 0.2) is 11.6 Å². The second-order valence-electron chi connectivity index (χ2n) is 11.2. The monoisotopic (exact) mass is 454 g/mol. The molecule has 0 aromatic heterocycles. The standard InChI is InChI=1S/C23H34O7S/c1-21-8-5-16(30-31(26,27)28)12-15(21)3-4-19-18(21)6-9-22(2)17(7-10-23(19,22)25)14-11-20(24)29-13-14/h11,15-19,25H,3-10,12-13H2,1-2H3,(H,26,27,28)/t15-,16-,17+,18-,19+,21-,22+,23-/m0/s1. The second-order valence-corrected chi connectivity index (χ2v) is 12.3. The summed E-state index contributed by atoms with van der Waals surface area (Å²) in [6.07, 6.45) is 8.78. The van der Waals surface area contributed by atoms with Gasteiger partial charge in [0.25, 0.3) is 0 Å². The van der Waals surface area contributed by atoms with E-state index >= 15 is 0 Å². The van der Waals surface area contributed by atoms with Gasteiger partial charge in [-0.3, -0.25) is 4.55 Å². The maximum absolute atomic E-state index is 12.2. The molecule has 4 aliphatic carbocycles. The van der Waals surface area contributed by atoms with Gasteiger partial charge in [-0.25, -0.2) is 8.98 Å². The number of hydrogen-bond donors (Lipinski definition) is 2. The number of ether oxygens (including phenoxy) is 1. The number of aliphatic hydroxyl groups is 1. The molecule has 0 radical (unpaired) electrons. The minimum absolute atomic E-state index is 0.0445. The van der Waals surface area contributed by atoms with Crippen LogP contribution in [0.25, 0.3) is 0 Å². The first kappa shape index (κ1) is 21.9. The third-order valence-electron chi connectivity index (χ3n) is 10.2. The van der Waals surface area contributed by atoms with Crippen molar-refractivity contribution in [1.29, 1.82) is 0 Å². The van der Waals surface area contributed by atoms with Crippen LogP contribution in [0.2, 0.25) is 0 Å². The second kappa shape index (κ2) is 7.02. The number of rotatable bonds is 3. The number of cyclic esters (lactones) is 1. The van der Waals surface area contributed by atoms with E-state index in [9.17, 15) is 18.3 Å². The number of esters is 1. The van der Waals surface area contributed by atoms with Crippen LogP contribution in [-0.2, 0) is 24.1 Å². The Balaban J connectivity index is 1.39. The van der Waals surface area contributed by atoms with Gasteiger partial charge >= 0.3 is 16.4 Å². The van der Waals surface area contributed by atoms with Gasteiger partial charge in [0.2, 0.25) is 0 Å². The van der Waals surface area contributed by atoms with Crippen molar-refractivity contribution in [2.24, 2.45) is 34.5 Å². The fourth-order valence-corrected chi connectivity index (χ4v) is 9.15. The zero-order valence-electron chi connectivity index (χ0n) is 18.4. The van der Waals surface area contributed by atoms with Crippen LogP contribution in [0.3, 0.4) is 0 Å². The summed E-state index contributed by atoms with van der Waals surface area (Å²) in [5.41, 5.74) is 0.0957. The van der Waals surface area contributed by atoms with Crippen LogP contribution >= 0.6 is 0 Å². The highest BCUT2D eigenvalue weighted by Gasteiger charge is 2.67. The Morgan fingerprint density at radius 2 is 1.84 bits per heavy atom. The third kappa shape index (κ3) is 3.23. The van der Waals surface area contributed by atoms with Gasteiger partial charge in [-0.05, 0) is 92.4 Å². The lowest BCUT2D eigenvalue weighted by atomic mass is 9.43. The van der Waals surface area contributed by atoms with Crippen molar-refractivity contribution in [3.05, 3.63) is 11.6 Å². The quantitative estimate of drug-likeness (QED) is 0.496. The van der Waals surface area contributed by atoms with Gasteiger partial charge in [0, 0.05) is 11.5 Å². The highest BCUT2D eigenvalue weighted by Crippen LogP contribution is 2.70. The van der Waals surface area contributed by atoms with Gasteiger partial charge in [0.1, 0.15) is 6.61 Å². The summed E-state index contributed by atoms with van der Waals surface area (Å²) in [5.74, 6) is 0.872. The molecule has 5 aliphatic rings. The lowest BCUT2D eigenvalue weighted by Crippen LogP contribution is -2.62. The molecule has 31 heavy (non-hydrogen) atoms. The molecule has 0 spiro atoms. The van der Waals surface area contributed by atoms with Crippen molar-refractivity contribution in [2.75, 3.05) is 6.61 Å². The van der Waals surface area contributed by atoms with Crippen LogP contribution in [0, 0.1) is 34.5 Å². The molecule has 4 saturated carbocycles. The Kier molecular flexibility index (Phi) is 4.95. The molecule has 1 heterocycles. The van der Waals surface area contributed by atoms with Crippen molar-refractivity contribution >= 4 is 16.4 Å². The summed E-state index contributed by atoms with van der Waals surface area (Å²) in [5, 5.41) is 12.2. The minimum atomic E-state index is -4.43. The van der Waals surface area contributed by atoms with Gasteiger partial charge in [-0.2, -0.15) is 8.42 Å². The normalized spacial score (nSPS) is 49.6. The molecule has 0 bridgehead atoms. The molecule has 8 atom stereocenters. The lowest BCUT2D eigenvalue weighted by Gasteiger charge is -2.63. The first-order chi connectivity index (χ1) is 14.5. The van der Waals surface area contributed by atoms with E-state index in [1.165, 1.54) is 0 Å². The maximum atomic E-state index is 12.2. The van der Waals surface area contributed by atoms with Crippen LogP contribution in [-0.4, -0.2) is 42.4 Å². The Hall–Kier alpha value is -0.960. The van der Waals surface area contributed by atoms with Gasteiger partial charge in [0.05, 0.1) is 11.7 Å². The highest BCUT2D eigenvalue weighted by molar-refractivity contribution is 7.80. The summed E-state index contributed by atoms with van der Waals surface area (Å²) >= 11 is 0. The highest BCUT2D eigenvalue weighted by atomic mass is 32.3. The summed E-state index contributed by atoms with van der Waals surface area (Å²) in [4.78, 5) is 11.7.